The SMILES string of the molecule is CNc1nc(NC2CC(C)(NC(C)=O)C2)nn2ccc(-c3ccc4nc(C)n(C(C)C)c4n3)c12. The number of rotatable bonds is 6. The van der Waals surface area contributed by atoms with Crippen LogP contribution in [-0.4, -0.2) is 53.7 Å². The molecule has 0 unspecified atom stereocenters. The Hall–Kier alpha value is -3.69. The van der Waals surface area contributed by atoms with Crippen molar-refractivity contribution in [2.24, 2.45) is 0 Å². The van der Waals surface area contributed by atoms with Gasteiger partial charge in [0.05, 0.1) is 5.69 Å². The molecule has 0 aromatic carbocycles. The number of carbonyl (C=O) groups is 1. The Morgan fingerprint density at radius 3 is 2.62 bits per heavy atom. The van der Waals surface area contributed by atoms with Gasteiger partial charge in [-0.2, -0.15) is 4.98 Å². The van der Waals surface area contributed by atoms with Crippen molar-refractivity contribution in [2.45, 2.75) is 65.1 Å². The van der Waals surface area contributed by atoms with Crippen molar-refractivity contribution in [2.75, 3.05) is 17.7 Å². The lowest BCUT2D eigenvalue weighted by molar-refractivity contribution is -0.121. The molecule has 1 aliphatic rings. The Balaban J connectivity index is 1.48. The first-order chi connectivity index (χ1) is 16.2. The molecule has 1 fully saturated rings. The van der Waals surface area contributed by atoms with E-state index in [0.717, 1.165) is 52.4 Å². The second kappa shape index (κ2) is 7.96. The molecule has 178 valence electrons. The number of aryl methyl sites for hydroxylation is 1. The average Bonchev–Trinajstić information content (AvgIpc) is 3.31. The molecule has 0 radical (unpaired) electrons. The fourth-order valence-corrected chi connectivity index (χ4v) is 5.16. The number of hydrogen-bond acceptors (Lipinski definition) is 7. The summed E-state index contributed by atoms with van der Waals surface area (Å²) in [6.07, 6.45) is 3.58. The Kier molecular flexibility index (Phi) is 5.18. The van der Waals surface area contributed by atoms with Crippen LogP contribution in [-0.2, 0) is 4.79 Å². The summed E-state index contributed by atoms with van der Waals surface area (Å²) in [5.74, 6) is 2.22. The summed E-state index contributed by atoms with van der Waals surface area (Å²) in [7, 11) is 1.86. The van der Waals surface area contributed by atoms with Crippen LogP contribution in [0.1, 0.15) is 52.4 Å². The quantitative estimate of drug-likeness (QED) is 0.402. The number of aromatic nitrogens is 6. The third-order valence-corrected chi connectivity index (χ3v) is 6.46. The molecule has 4 heterocycles. The Morgan fingerprint density at radius 1 is 1.18 bits per heavy atom. The van der Waals surface area contributed by atoms with Crippen molar-refractivity contribution in [1.29, 1.82) is 0 Å². The van der Waals surface area contributed by atoms with E-state index in [2.05, 4.69) is 46.3 Å². The Morgan fingerprint density at radius 2 is 1.94 bits per heavy atom. The van der Waals surface area contributed by atoms with E-state index in [9.17, 15) is 4.79 Å². The monoisotopic (exact) mass is 461 g/mol. The van der Waals surface area contributed by atoms with Crippen LogP contribution in [0.25, 0.3) is 27.9 Å². The molecular formula is C24H31N9O. The maximum absolute atomic E-state index is 11.4. The van der Waals surface area contributed by atoms with E-state index < -0.39 is 0 Å². The van der Waals surface area contributed by atoms with Crippen molar-refractivity contribution in [3.63, 3.8) is 0 Å². The zero-order valence-electron chi connectivity index (χ0n) is 20.5. The minimum atomic E-state index is -0.175. The maximum atomic E-state index is 11.4. The molecule has 0 spiro atoms. The molecule has 0 atom stereocenters. The van der Waals surface area contributed by atoms with Gasteiger partial charge in [-0.15, -0.1) is 5.10 Å². The van der Waals surface area contributed by atoms with Gasteiger partial charge in [0.2, 0.25) is 11.9 Å². The van der Waals surface area contributed by atoms with Crippen LogP contribution in [0.15, 0.2) is 24.4 Å². The normalized spacial score (nSPS) is 20.0. The summed E-state index contributed by atoms with van der Waals surface area (Å²) >= 11 is 0. The summed E-state index contributed by atoms with van der Waals surface area (Å²) in [6.45, 7) is 9.90. The third kappa shape index (κ3) is 3.72. The standard InChI is InChI=1S/C24H31N9O/c1-13(2)33-14(3)26-19-8-7-18(28-22(19)33)17-9-10-32-20(17)21(25-6)29-23(31-32)27-16-11-24(5,12-16)30-15(4)34/h7-10,13,16H,11-12H2,1-6H3,(H,30,34)(H2,25,27,29,31). The van der Waals surface area contributed by atoms with Crippen molar-refractivity contribution >= 4 is 34.4 Å². The van der Waals surface area contributed by atoms with E-state index in [0.29, 0.717) is 5.95 Å². The number of pyridine rings is 1. The fourth-order valence-electron chi connectivity index (χ4n) is 5.16. The van der Waals surface area contributed by atoms with Crippen LogP contribution >= 0.6 is 0 Å². The predicted octanol–water partition coefficient (Wildman–Crippen LogP) is 3.54. The molecule has 10 heteroatoms. The third-order valence-electron chi connectivity index (χ3n) is 6.46. The van der Waals surface area contributed by atoms with Crippen molar-refractivity contribution in [3.8, 4) is 11.3 Å². The molecule has 4 aromatic rings. The van der Waals surface area contributed by atoms with Crippen molar-refractivity contribution in [1.82, 2.24) is 34.4 Å². The number of anilines is 2. The van der Waals surface area contributed by atoms with E-state index in [1.807, 2.05) is 42.9 Å². The van der Waals surface area contributed by atoms with Gasteiger partial charge >= 0.3 is 0 Å². The molecule has 5 rings (SSSR count). The largest absolute Gasteiger partial charge is 0.371 e. The highest BCUT2D eigenvalue weighted by molar-refractivity contribution is 5.89. The summed E-state index contributed by atoms with van der Waals surface area (Å²) in [6, 6.07) is 6.51. The van der Waals surface area contributed by atoms with E-state index in [1.165, 1.54) is 0 Å². The highest BCUT2D eigenvalue weighted by atomic mass is 16.1. The number of nitrogens with one attached hydrogen (secondary N) is 3. The zero-order chi connectivity index (χ0) is 24.2. The molecule has 1 aliphatic carbocycles. The number of fused-ring (bicyclic) bond motifs is 2. The van der Waals surface area contributed by atoms with E-state index in [-0.39, 0.29) is 23.5 Å². The van der Waals surface area contributed by atoms with Gasteiger partial charge < -0.3 is 20.5 Å². The lowest BCUT2D eigenvalue weighted by Gasteiger charge is -2.45. The van der Waals surface area contributed by atoms with Crippen LogP contribution in [0.3, 0.4) is 0 Å². The molecule has 10 nitrogen and oxygen atoms in total. The number of imidazole rings is 1. The molecule has 1 amide bonds. The van der Waals surface area contributed by atoms with Crippen LogP contribution < -0.4 is 16.0 Å². The first-order valence-electron chi connectivity index (χ1n) is 11.7. The second-order valence-corrected chi connectivity index (χ2v) is 9.71. The van der Waals surface area contributed by atoms with Gasteiger partial charge in [0.25, 0.3) is 0 Å². The summed E-state index contributed by atoms with van der Waals surface area (Å²) in [4.78, 5) is 25.8. The van der Waals surface area contributed by atoms with Crippen molar-refractivity contribution in [3.05, 3.63) is 30.2 Å². The van der Waals surface area contributed by atoms with Crippen LogP contribution in [0.4, 0.5) is 11.8 Å². The Bertz CT molecular complexity index is 1390. The first kappa shape index (κ1) is 22.1. The highest BCUT2D eigenvalue weighted by Crippen LogP contribution is 2.35. The van der Waals surface area contributed by atoms with Gasteiger partial charge in [0.1, 0.15) is 16.9 Å². The summed E-state index contributed by atoms with van der Waals surface area (Å²) in [5, 5.41) is 14.3. The maximum Gasteiger partial charge on any atom is 0.243 e. The Labute approximate surface area is 198 Å². The van der Waals surface area contributed by atoms with Gasteiger partial charge in [-0.05, 0) is 58.7 Å². The molecule has 0 bridgehead atoms. The van der Waals surface area contributed by atoms with Crippen molar-refractivity contribution < 1.29 is 4.79 Å². The van der Waals surface area contributed by atoms with Gasteiger partial charge in [0.15, 0.2) is 11.5 Å². The second-order valence-electron chi connectivity index (χ2n) is 9.71. The summed E-state index contributed by atoms with van der Waals surface area (Å²) in [5.41, 5.74) is 4.26. The highest BCUT2D eigenvalue weighted by Gasteiger charge is 2.41. The topological polar surface area (TPSA) is 114 Å². The zero-order valence-corrected chi connectivity index (χ0v) is 20.5. The lowest BCUT2D eigenvalue weighted by Crippen LogP contribution is -2.59. The number of carbonyl (C=O) groups excluding carboxylic acids is 1. The minimum Gasteiger partial charge on any atom is -0.371 e. The van der Waals surface area contributed by atoms with Gasteiger partial charge in [-0.1, -0.05) is 0 Å². The number of amides is 1. The van der Waals surface area contributed by atoms with Crippen LogP contribution in [0.2, 0.25) is 0 Å². The van der Waals surface area contributed by atoms with Crippen LogP contribution in [0.5, 0.6) is 0 Å². The lowest BCUT2D eigenvalue weighted by atomic mass is 9.74. The minimum absolute atomic E-state index is 0.00522. The number of nitrogens with zero attached hydrogens (tertiary/aromatic N) is 6. The first-order valence-corrected chi connectivity index (χ1v) is 11.7. The van der Waals surface area contributed by atoms with Gasteiger partial charge in [0, 0.05) is 43.4 Å². The smallest absolute Gasteiger partial charge is 0.243 e. The van der Waals surface area contributed by atoms with Gasteiger partial charge in [-0.25, -0.2) is 14.5 Å². The molecule has 4 aromatic heterocycles. The average molecular weight is 462 g/mol. The van der Waals surface area contributed by atoms with E-state index >= 15 is 0 Å². The van der Waals surface area contributed by atoms with E-state index in [1.54, 1.807) is 6.92 Å². The molecule has 1 saturated carbocycles. The predicted molar refractivity (Wildman–Crippen MR) is 133 cm³/mol. The fraction of sp³-hybridized carbons (Fsp3) is 0.458. The summed E-state index contributed by atoms with van der Waals surface area (Å²) < 4.78 is 3.99. The van der Waals surface area contributed by atoms with Crippen LogP contribution in [0, 0.1) is 6.92 Å². The van der Waals surface area contributed by atoms with E-state index in [4.69, 9.17) is 15.1 Å². The molecule has 0 saturated heterocycles. The molecular weight excluding hydrogens is 430 g/mol. The number of hydrogen-bond donors (Lipinski definition) is 3. The molecule has 34 heavy (non-hydrogen) atoms. The molecule has 0 aliphatic heterocycles. The molecule has 3 N–H and O–H groups in total. The van der Waals surface area contributed by atoms with Gasteiger partial charge in [-0.3, -0.25) is 4.79 Å².